The predicted octanol–water partition coefficient (Wildman–Crippen LogP) is 7.32. The van der Waals surface area contributed by atoms with Gasteiger partial charge in [-0.1, -0.05) is 112 Å². The van der Waals surface area contributed by atoms with Crippen molar-refractivity contribution in [1.82, 2.24) is 25.3 Å². The summed E-state index contributed by atoms with van der Waals surface area (Å²) in [7, 11) is 0. The van der Waals surface area contributed by atoms with Crippen molar-refractivity contribution in [3.05, 3.63) is 0 Å². The molecular weight excluding hydrogens is 614 g/mol. The summed E-state index contributed by atoms with van der Waals surface area (Å²) in [6.45, 7) is 19.1. The van der Waals surface area contributed by atoms with Crippen molar-refractivity contribution < 1.29 is 19.1 Å². The zero-order valence-electron chi connectivity index (χ0n) is 32.8. The van der Waals surface area contributed by atoms with Gasteiger partial charge in [0.05, 0.1) is 13.0 Å². The number of hydrogen-bond donors (Lipinski definition) is 2. The molecule has 1 fully saturated rings. The highest BCUT2D eigenvalue weighted by molar-refractivity contribution is 5.77. The Morgan fingerprint density at radius 2 is 1.00 bits per heavy atom. The van der Waals surface area contributed by atoms with E-state index in [4.69, 9.17) is 4.74 Å². The van der Waals surface area contributed by atoms with Gasteiger partial charge in [0.25, 0.3) is 0 Å². The average Bonchev–Trinajstić information content (AvgIpc) is 3.11. The van der Waals surface area contributed by atoms with E-state index in [0.717, 1.165) is 104 Å². The first-order valence-electron chi connectivity index (χ1n) is 20.8. The minimum atomic E-state index is -0.102. The maximum Gasteiger partial charge on any atom is 0.307 e. The second-order valence-electron chi connectivity index (χ2n) is 14.5. The molecule has 1 aliphatic rings. The van der Waals surface area contributed by atoms with Crippen molar-refractivity contribution in [1.29, 1.82) is 0 Å². The number of carbonyl (C=O) groups excluding carboxylic acids is 3. The number of ether oxygens (including phenoxy) is 1. The van der Waals surface area contributed by atoms with Crippen LogP contribution in [-0.4, -0.2) is 110 Å². The van der Waals surface area contributed by atoms with Crippen molar-refractivity contribution in [3.63, 3.8) is 0 Å². The van der Waals surface area contributed by atoms with Crippen molar-refractivity contribution in [3.8, 4) is 0 Å². The van der Waals surface area contributed by atoms with E-state index in [-0.39, 0.29) is 29.9 Å². The smallest absolute Gasteiger partial charge is 0.307 e. The summed E-state index contributed by atoms with van der Waals surface area (Å²) in [5.41, 5.74) is 0. The number of esters is 1. The summed E-state index contributed by atoms with van der Waals surface area (Å²) < 4.78 is 5.24. The summed E-state index contributed by atoms with van der Waals surface area (Å²) in [5.74, 6) is 0.182. The third-order valence-corrected chi connectivity index (χ3v) is 9.96. The normalized spacial score (nSPS) is 15.3. The Bertz CT molecular complexity index is 778. The molecule has 0 aromatic rings. The highest BCUT2D eigenvalue weighted by Gasteiger charge is 2.20. The van der Waals surface area contributed by atoms with E-state index in [2.05, 4.69) is 53.0 Å². The minimum Gasteiger partial charge on any atom is -0.466 e. The standard InChI is InChI=1S/C40H79N5O4/c1-6-11-15-17-21-36(19-13-8-3)41-38(46)23-26-43(27-24-39(47)42-37(20-14-9-4)22-18-16-12-7-2)29-32-45-33-30-44(31-34-45)28-25-40(48)49-35-10-5/h36-37H,6-35H2,1-5H3,(H,41,46)(H,42,47). The Balaban J connectivity index is 2.70. The third kappa shape index (κ3) is 25.0. The lowest BCUT2D eigenvalue weighted by Gasteiger charge is -2.35. The maximum atomic E-state index is 13.2. The second kappa shape index (κ2) is 31.1. The molecule has 0 aromatic heterocycles. The quantitative estimate of drug-likeness (QED) is 0.0564. The van der Waals surface area contributed by atoms with E-state index >= 15 is 0 Å². The summed E-state index contributed by atoms with van der Waals surface area (Å²) >= 11 is 0. The summed E-state index contributed by atoms with van der Waals surface area (Å²) in [4.78, 5) is 45.5. The van der Waals surface area contributed by atoms with Gasteiger partial charge < -0.3 is 25.2 Å². The largest absolute Gasteiger partial charge is 0.466 e. The van der Waals surface area contributed by atoms with Crippen LogP contribution in [-0.2, 0) is 19.1 Å². The molecule has 9 nitrogen and oxygen atoms in total. The van der Waals surface area contributed by atoms with Crippen molar-refractivity contribution in [2.75, 3.05) is 65.5 Å². The number of nitrogens with zero attached hydrogens (tertiary/aromatic N) is 3. The van der Waals surface area contributed by atoms with Crippen LogP contribution in [0.4, 0.5) is 0 Å². The SMILES string of the molecule is CCCCCCC(CCCC)NC(=O)CCN(CCC(=O)NC(CCCC)CCCCCC)CCN1CCN(CCC(=O)OCCC)CC1. The molecule has 2 N–H and O–H groups in total. The van der Waals surface area contributed by atoms with Crippen LogP contribution in [0.3, 0.4) is 0 Å². The number of unbranched alkanes of at least 4 members (excludes halogenated alkanes) is 8. The first kappa shape index (κ1) is 45.3. The molecule has 0 saturated carbocycles. The molecule has 1 heterocycles. The number of nitrogens with one attached hydrogen (secondary N) is 2. The molecule has 2 unspecified atom stereocenters. The number of amides is 2. The molecule has 0 radical (unpaired) electrons. The van der Waals surface area contributed by atoms with E-state index in [1.807, 2.05) is 6.92 Å². The van der Waals surface area contributed by atoms with Gasteiger partial charge in [-0.15, -0.1) is 0 Å². The number of piperazine rings is 1. The Morgan fingerprint density at radius 3 is 1.45 bits per heavy atom. The van der Waals surface area contributed by atoms with Crippen LogP contribution in [0.15, 0.2) is 0 Å². The van der Waals surface area contributed by atoms with Gasteiger partial charge in [-0.3, -0.25) is 19.3 Å². The molecule has 49 heavy (non-hydrogen) atoms. The van der Waals surface area contributed by atoms with Gasteiger partial charge in [0.1, 0.15) is 0 Å². The Morgan fingerprint density at radius 1 is 0.551 bits per heavy atom. The monoisotopic (exact) mass is 694 g/mol. The van der Waals surface area contributed by atoms with E-state index in [1.54, 1.807) is 0 Å². The number of carbonyl (C=O) groups is 3. The van der Waals surface area contributed by atoms with Crippen molar-refractivity contribution in [2.24, 2.45) is 0 Å². The molecule has 2 amide bonds. The molecular formula is C40H79N5O4. The lowest BCUT2D eigenvalue weighted by atomic mass is 10.0. The van der Waals surface area contributed by atoms with E-state index in [0.29, 0.717) is 39.0 Å². The Hall–Kier alpha value is -1.71. The Kier molecular flexibility index (Phi) is 28.7. The molecule has 0 aliphatic carbocycles. The van der Waals surface area contributed by atoms with Gasteiger partial charge >= 0.3 is 5.97 Å². The zero-order chi connectivity index (χ0) is 36.0. The molecule has 0 aromatic carbocycles. The molecule has 0 spiro atoms. The lowest BCUT2D eigenvalue weighted by Crippen LogP contribution is -2.49. The maximum absolute atomic E-state index is 13.2. The lowest BCUT2D eigenvalue weighted by molar-refractivity contribution is -0.144. The fraction of sp³-hybridized carbons (Fsp3) is 0.925. The van der Waals surface area contributed by atoms with Crippen LogP contribution in [0.5, 0.6) is 0 Å². The molecule has 1 rings (SSSR count). The first-order valence-corrected chi connectivity index (χ1v) is 20.8. The summed E-state index contributed by atoms with van der Waals surface area (Å²) in [6.07, 6.45) is 20.9. The van der Waals surface area contributed by atoms with Crippen LogP contribution < -0.4 is 10.6 Å². The zero-order valence-corrected chi connectivity index (χ0v) is 32.8. The number of rotatable bonds is 32. The molecule has 9 heteroatoms. The summed E-state index contributed by atoms with van der Waals surface area (Å²) in [5, 5.41) is 6.74. The van der Waals surface area contributed by atoms with Gasteiger partial charge in [0.2, 0.25) is 11.8 Å². The number of hydrogen-bond acceptors (Lipinski definition) is 7. The van der Waals surface area contributed by atoms with Crippen LogP contribution in [0.25, 0.3) is 0 Å². The molecule has 0 bridgehead atoms. The predicted molar refractivity (Wildman–Crippen MR) is 205 cm³/mol. The fourth-order valence-electron chi connectivity index (χ4n) is 6.62. The van der Waals surface area contributed by atoms with E-state index in [1.165, 1.54) is 51.4 Å². The van der Waals surface area contributed by atoms with E-state index in [9.17, 15) is 14.4 Å². The van der Waals surface area contributed by atoms with Crippen LogP contribution >= 0.6 is 0 Å². The van der Waals surface area contributed by atoms with Crippen LogP contribution in [0.2, 0.25) is 0 Å². The molecule has 2 atom stereocenters. The van der Waals surface area contributed by atoms with Gasteiger partial charge in [0, 0.05) is 83.8 Å². The first-order chi connectivity index (χ1) is 23.8. The third-order valence-electron chi connectivity index (χ3n) is 9.96. The van der Waals surface area contributed by atoms with Crippen LogP contribution in [0.1, 0.15) is 163 Å². The van der Waals surface area contributed by atoms with Gasteiger partial charge in [-0.2, -0.15) is 0 Å². The van der Waals surface area contributed by atoms with Gasteiger partial charge in [0.15, 0.2) is 0 Å². The van der Waals surface area contributed by atoms with E-state index < -0.39 is 0 Å². The molecule has 1 saturated heterocycles. The highest BCUT2D eigenvalue weighted by Crippen LogP contribution is 2.13. The Labute approximate surface area is 302 Å². The van der Waals surface area contributed by atoms with Crippen LogP contribution in [0, 0.1) is 0 Å². The fourth-order valence-corrected chi connectivity index (χ4v) is 6.62. The minimum absolute atomic E-state index is 0.102. The molecule has 1 aliphatic heterocycles. The van der Waals surface area contributed by atoms with Crippen molar-refractivity contribution >= 4 is 17.8 Å². The highest BCUT2D eigenvalue weighted by atomic mass is 16.5. The second-order valence-corrected chi connectivity index (χ2v) is 14.5. The topological polar surface area (TPSA) is 94.2 Å². The van der Waals surface area contributed by atoms with Crippen molar-refractivity contribution in [2.45, 2.75) is 175 Å². The summed E-state index contributed by atoms with van der Waals surface area (Å²) in [6, 6.07) is 0.538. The van der Waals surface area contributed by atoms with Gasteiger partial charge in [-0.05, 0) is 32.1 Å². The van der Waals surface area contributed by atoms with Gasteiger partial charge in [-0.25, -0.2) is 0 Å². The molecule has 288 valence electrons. The average molecular weight is 694 g/mol.